The molecule has 0 radical (unpaired) electrons. The number of aliphatic hydroxyl groups excluding tert-OH is 1. The van der Waals surface area contributed by atoms with E-state index in [1.165, 1.54) is 24.0 Å². The Bertz CT molecular complexity index is 876. The maximum atomic E-state index is 8.36. The molecule has 6 N–H and O–H groups in total. The summed E-state index contributed by atoms with van der Waals surface area (Å²) >= 11 is 0. The van der Waals surface area contributed by atoms with Crippen LogP contribution in [0.25, 0.3) is 0 Å². The highest BCUT2D eigenvalue weighted by molar-refractivity contribution is 5.70. The SMILES string of the molecule is C=C.C=C(O)CCC.C=C/C(=C\CC)Nc1ncc(N)c(N(N)c2ccc(C)cc2)n1.CC.CCCC. The van der Waals surface area contributed by atoms with Crippen molar-refractivity contribution in [1.29, 1.82) is 0 Å². The Morgan fingerprint density at radius 3 is 1.97 bits per heavy atom. The number of anilines is 4. The highest BCUT2D eigenvalue weighted by Gasteiger charge is 2.12. The third-order valence-electron chi connectivity index (χ3n) is 4.27. The summed E-state index contributed by atoms with van der Waals surface area (Å²) in [5, 5.41) is 12.9. The van der Waals surface area contributed by atoms with Crippen LogP contribution in [0, 0.1) is 6.92 Å². The summed E-state index contributed by atoms with van der Waals surface area (Å²) in [6.07, 6.45) is 10.5. The molecule has 1 heterocycles. The molecule has 7 heteroatoms. The second-order valence-electron chi connectivity index (χ2n) is 7.39. The Labute approximate surface area is 226 Å². The lowest BCUT2D eigenvalue weighted by Gasteiger charge is -2.20. The minimum atomic E-state index is 0.289. The zero-order chi connectivity index (χ0) is 29.2. The first-order valence-electron chi connectivity index (χ1n) is 12.9. The maximum absolute atomic E-state index is 8.36. The number of nitrogens with one attached hydrogen (secondary N) is 1. The predicted octanol–water partition coefficient (Wildman–Crippen LogP) is 8.76. The minimum absolute atomic E-state index is 0.289. The number of nitrogen functional groups attached to an aromatic ring is 1. The monoisotopic (exact) mass is 512 g/mol. The van der Waals surface area contributed by atoms with E-state index >= 15 is 0 Å². The summed E-state index contributed by atoms with van der Waals surface area (Å²) in [5.74, 6) is 7.30. The number of aromatic nitrogens is 2. The molecule has 0 amide bonds. The topological polar surface area (TPSA) is 113 Å². The molecule has 7 nitrogen and oxygen atoms in total. The molecule has 37 heavy (non-hydrogen) atoms. The van der Waals surface area contributed by atoms with Crippen molar-refractivity contribution in [2.75, 3.05) is 16.1 Å². The van der Waals surface area contributed by atoms with Gasteiger partial charge in [0.2, 0.25) is 5.95 Å². The average Bonchev–Trinajstić information content (AvgIpc) is 2.92. The van der Waals surface area contributed by atoms with Gasteiger partial charge in [0.05, 0.1) is 23.3 Å². The second kappa shape index (κ2) is 25.5. The zero-order valence-corrected chi connectivity index (χ0v) is 24.3. The lowest BCUT2D eigenvalue weighted by atomic mass is 10.2. The second-order valence-corrected chi connectivity index (χ2v) is 7.39. The maximum Gasteiger partial charge on any atom is 0.229 e. The number of aryl methyl sites for hydroxylation is 1. The van der Waals surface area contributed by atoms with Crippen LogP contribution in [0.15, 0.2) is 80.4 Å². The molecule has 0 saturated heterocycles. The van der Waals surface area contributed by atoms with Crippen LogP contribution in [-0.2, 0) is 0 Å². The number of nitrogens with two attached hydrogens (primary N) is 2. The Kier molecular flexibility index (Phi) is 26.2. The van der Waals surface area contributed by atoms with E-state index < -0.39 is 0 Å². The van der Waals surface area contributed by atoms with Crippen molar-refractivity contribution in [3.8, 4) is 0 Å². The number of nitrogens with zero attached hydrogens (tertiary/aromatic N) is 3. The first-order valence-corrected chi connectivity index (χ1v) is 12.9. The van der Waals surface area contributed by atoms with Crippen molar-refractivity contribution in [2.24, 2.45) is 5.84 Å². The quantitative estimate of drug-likeness (QED) is 0.0872. The van der Waals surface area contributed by atoms with E-state index in [4.69, 9.17) is 16.7 Å². The van der Waals surface area contributed by atoms with Crippen LogP contribution in [0.4, 0.5) is 23.1 Å². The summed E-state index contributed by atoms with van der Waals surface area (Å²) in [6.45, 7) is 27.5. The molecule has 0 bridgehead atoms. The fraction of sp³-hybridized carbons (Fsp3) is 0.400. The largest absolute Gasteiger partial charge is 0.513 e. The Balaban J connectivity index is -0.000000688. The van der Waals surface area contributed by atoms with Crippen LogP contribution in [0.5, 0.6) is 0 Å². The van der Waals surface area contributed by atoms with E-state index in [-0.39, 0.29) is 5.76 Å². The standard InChI is InChI=1S/C17H22N6.C5H10O.C4H10.C2H6.C2H4/c1-4-6-13(5-2)21-17-20-11-15(18)16(22-17)23(19)14-9-7-12(3)8-10-14;1-3-4-5(2)6;1-3-4-2;2*1-2/h5-11H,2,4,18-19H2,1,3H3,(H,20,21,22);6H,2-4H2,1H3;3-4H2,1-2H3;1-2H3;1-2H2/b13-6+;;;;. The molecular weight excluding hydrogens is 460 g/mol. The number of benzene rings is 1. The van der Waals surface area contributed by atoms with E-state index in [9.17, 15) is 0 Å². The fourth-order valence-corrected chi connectivity index (χ4v) is 2.29. The highest BCUT2D eigenvalue weighted by atomic mass is 16.3. The molecule has 1 aromatic heterocycles. The van der Waals surface area contributed by atoms with E-state index in [0.717, 1.165) is 36.2 Å². The molecule has 0 spiro atoms. The summed E-state index contributed by atoms with van der Waals surface area (Å²) in [5.41, 5.74) is 9.15. The molecular formula is C30H52N6O. The van der Waals surface area contributed by atoms with Gasteiger partial charge in [-0.2, -0.15) is 4.98 Å². The van der Waals surface area contributed by atoms with Gasteiger partial charge in [0.1, 0.15) is 0 Å². The van der Waals surface area contributed by atoms with Gasteiger partial charge in [-0.1, -0.05) is 91.3 Å². The molecule has 0 unspecified atom stereocenters. The molecule has 0 aliphatic heterocycles. The number of hydrazine groups is 1. The molecule has 2 rings (SSSR count). The number of allylic oxidation sites excluding steroid dienone is 3. The molecule has 0 fully saturated rings. The predicted molar refractivity (Wildman–Crippen MR) is 166 cm³/mol. The van der Waals surface area contributed by atoms with Crippen LogP contribution in [-0.4, -0.2) is 15.1 Å². The number of hydrogen-bond donors (Lipinski definition) is 4. The van der Waals surface area contributed by atoms with Gasteiger partial charge in [-0.15, -0.1) is 13.2 Å². The van der Waals surface area contributed by atoms with E-state index in [1.54, 1.807) is 6.08 Å². The number of unbranched alkanes of at least 4 members (excludes halogenated alkanes) is 1. The summed E-state index contributed by atoms with van der Waals surface area (Å²) in [7, 11) is 0. The van der Waals surface area contributed by atoms with Crippen molar-refractivity contribution >= 4 is 23.1 Å². The minimum Gasteiger partial charge on any atom is -0.513 e. The van der Waals surface area contributed by atoms with Crippen LogP contribution in [0.1, 0.15) is 79.2 Å². The lowest BCUT2D eigenvalue weighted by Crippen LogP contribution is -2.27. The van der Waals surface area contributed by atoms with Gasteiger partial charge in [0.25, 0.3) is 0 Å². The first kappa shape index (κ1) is 38.0. The molecule has 0 atom stereocenters. The smallest absolute Gasteiger partial charge is 0.229 e. The van der Waals surface area contributed by atoms with Gasteiger partial charge in [-0.05, 0) is 38.0 Å². The van der Waals surface area contributed by atoms with Crippen molar-refractivity contribution in [2.45, 2.75) is 80.6 Å². The van der Waals surface area contributed by atoms with Crippen LogP contribution < -0.4 is 21.9 Å². The van der Waals surface area contributed by atoms with Crippen molar-refractivity contribution in [1.82, 2.24) is 9.97 Å². The Morgan fingerprint density at radius 2 is 1.59 bits per heavy atom. The van der Waals surface area contributed by atoms with Crippen LogP contribution >= 0.6 is 0 Å². The van der Waals surface area contributed by atoms with Crippen LogP contribution in [0.3, 0.4) is 0 Å². The molecule has 208 valence electrons. The van der Waals surface area contributed by atoms with E-state index in [2.05, 4.69) is 55.4 Å². The van der Waals surface area contributed by atoms with E-state index in [1.807, 2.05) is 65.0 Å². The van der Waals surface area contributed by atoms with Gasteiger partial charge in [0, 0.05) is 12.1 Å². The normalized spacial score (nSPS) is 9.35. The van der Waals surface area contributed by atoms with Crippen molar-refractivity contribution in [3.63, 3.8) is 0 Å². The molecule has 0 saturated carbocycles. The molecule has 1 aromatic carbocycles. The highest BCUT2D eigenvalue weighted by Crippen LogP contribution is 2.26. The van der Waals surface area contributed by atoms with Gasteiger partial charge >= 0.3 is 0 Å². The molecule has 0 aliphatic carbocycles. The van der Waals surface area contributed by atoms with Gasteiger partial charge in [0.15, 0.2) is 5.82 Å². The van der Waals surface area contributed by atoms with E-state index in [0.29, 0.717) is 17.5 Å². The third-order valence-corrected chi connectivity index (χ3v) is 4.27. The molecule has 2 aromatic rings. The first-order chi connectivity index (χ1) is 17.7. The number of rotatable bonds is 9. The Morgan fingerprint density at radius 1 is 1.05 bits per heavy atom. The fourth-order valence-electron chi connectivity index (χ4n) is 2.29. The van der Waals surface area contributed by atoms with Gasteiger partial charge in [-0.25, -0.2) is 10.8 Å². The number of aliphatic hydroxyl groups is 1. The zero-order valence-electron chi connectivity index (χ0n) is 24.3. The summed E-state index contributed by atoms with van der Waals surface area (Å²) < 4.78 is 0. The van der Waals surface area contributed by atoms with Gasteiger partial charge in [-0.3, -0.25) is 5.01 Å². The summed E-state index contributed by atoms with van der Waals surface area (Å²) in [6, 6.07) is 7.78. The third kappa shape index (κ3) is 18.4. The molecule has 0 aliphatic rings. The van der Waals surface area contributed by atoms with Gasteiger partial charge < -0.3 is 16.2 Å². The van der Waals surface area contributed by atoms with Crippen LogP contribution in [0.2, 0.25) is 0 Å². The number of hydrogen-bond acceptors (Lipinski definition) is 7. The summed E-state index contributed by atoms with van der Waals surface area (Å²) in [4.78, 5) is 8.59. The average molecular weight is 513 g/mol. The van der Waals surface area contributed by atoms with Crippen molar-refractivity contribution < 1.29 is 5.11 Å². The van der Waals surface area contributed by atoms with Crippen molar-refractivity contribution in [3.05, 3.63) is 85.9 Å². The Hall–Kier alpha value is -3.58. The lowest BCUT2D eigenvalue weighted by molar-refractivity contribution is 0.389.